The van der Waals surface area contributed by atoms with Crippen molar-refractivity contribution in [1.29, 1.82) is 0 Å². The van der Waals surface area contributed by atoms with E-state index in [4.69, 9.17) is 10.5 Å². The van der Waals surface area contributed by atoms with Crippen molar-refractivity contribution >= 4 is 17.5 Å². The van der Waals surface area contributed by atoms with Crippen LogP contribution in [-0.4, -0.2) is 12.7 Å². The molecule has 4 heteroatoms. The van der Waals surface area contributed by atoms with Crippen LogP contribution in [0, 0.1) is 5.92 Å². The first-order valence-corrected chi connectivity index (χ1v) is 6.94. The smallest absolute Gasteiger partial charge is 0.411 e. The fourth-order valence-corrected chi connectivity index (χ4v) is 1.82. The predicted molar refractivity (Wildman–Crippen MR) is 86.1 cm³/mol. The lowest BCUT2D eigenvalue weighted by Crippen LogP contribution is -2.16. The summed E-state index contributed by atoms with van der Waals surface area (Å²) in [6.45, 7) is 4.40. The second-order valence-corrected chi connectivity index (χ2v) is 5.32. The molecule has 0 spiro atoms. The molecule has 0 aromatic heterocycles. The molecule has 0 bridgehead atoms. The quantitative estimate of drug-likeness (QED) is 0.829. The maximum atomic E-state index is 11.6. The number of hydrogen-bond donors (Lipinski definition) is 2. The van der Waals surface area contributed by atoms with Gasteiger partial charge in [0.25, 0.3) is 0 Å². The summed E-state index contributed by atoms with van der Waals surface area (Å²) in [4.78, 5) is 11.6. The van der Waals surface area contributed by atoms with Gasteiger partial charge in [0.05, 0.1) is 6.61 Å². The standard InChI is InChI=1S/C17H20N2O2/c1-12(2)11-21-17(20)19-16-9-5-14(6-10-16)13-3-7-15(18)8-4-13/h3-10,12H,11,18H2,1-2H3,(H,19,20). The largest absolute Gasteiger partial charge is 0.449 e. The van der Waals surface area contributed by atoms with Gasteiger partial charge >= 0.3 is 6.09 Å². The predicted octanol–water partition coefficient (Wildman–Crippen LogP) is 4.14. The Kier molecular flexibility index (Phi) is 4.82. The summed E-state index contributed by atoms with van der Waals surface area (Å²) >= 11 is 0. The van der Waals surface area contributed by atoms with Crippen LogP contribution >= 0.6 is 0 Å². The first-order chi connectivity index (χ1) is 10.0. The summed E-state index contributed by atoms with van der Waals surface area (Å²) in [5.74, 6) is 0.323. The van der Waals surface area contributed by atoms with Gasteiger partial charge < -0.3 is 10.5 Å². The highest BCUT2D eigenvalue weighted by molar-refractivity contribution is 5.85. The molecule has 2 aromatic carbocycles. The number of carbonyl (C=O) groups excluding carboxylic acids is 1. The maximum absolute atomic E-state index is 11.6. The number of anilines is 2. The van der Waals surface area contributed by atoms with E-state index in [9.17, 15) is 4.79 Å². The van der Waals surface area contributed by atoms with Gasteiger partial charge in [-0.2, -0.15) is 0 Å². The zero-order valence-corrected chi connectivity index (χ0v) is 12.3. The molecule has 3 N–H and O–H groups in total. The molecule has 2 rings (SSSR count). The molecule has 0 aliphatic rings. The Balaban J connectivity index is 1.99. The summed E-state index contributed by atoms with van der Waals surface area (Å²) in [5.41, 5.74) is 9.27. The first-order valence-electron chi connectivity index (χ1n) is 6.94. The lowest BCUT2D eigenvalue weighted by molar-refractivity contribution is 0.147. The maximum Gasteiger partial charge on any atom is 0.411 e. The Bertz CT molecular complexity index is 589. The van der Waals surface area contributed by atoms with Crippen molar-refractivity contribution in [2.45, 2.75) is 13.8 Å². The Morgan fingerprint density at radius 2 is 1.57 bits per heavy atom. The Morgan fingerprint density at radius 3 is 2.10 bits per heavy atom. The second kappa shape index (κ2) is 6.79. The van der Waals surface area contributed by atoms with Crippen LogP contribution < -0.4 is 11.1 Å². The van der Waals surface area contributed by atoms with E-state index in [0.29, 0.717) is 18.2 Å². The molecule has 0 atom stereocenters. The zero-order chi connectivity index (χ0) is 15.2. The third-order valence-electron chi connectivity index (χ3n) is 2.92. The fourth-order valence-electron chi connectivity index (χ4n) is 1.82. The summed E-state index contributed by atoms with van der Waals surface area (Å²) in [6, 6.07) is 15.3. The highest BCUT2D eigenvalue weighted by atomic mass is 16.5. The molecule has 0 saturated carbocycles. The molecule has 0 fully saturated rings. The van der Waals surface area contributed by atoms with E-state index in [0.717, 1.165) is 16.8 Å². The van der Waals surface area contributed by atoms with E-state index in [-0.39, 0.29) is 0 Å². The van der Waals surface area contributed by atoms with E-state index in [2.05, 4.69) is 5.32 Å². The summed E-state index contributed by atoms with van der Waals surface area (Å²) in [5, 5.41) is 2.70. The average Bonchev–Trinajstić information content (AvgIpc) is 2.47. The van der Waals surface area contributed by atoms with Crippen molar-refractivity contribution in [2.75, 3.05) is 17.7 Å². The van der Waals surface area contributed by atoms with Crippen molar-refractivity contribution in [3.05, 3.63) is 48.5 Å². The number of benzene rings is 2. The van der Waals surface area contributed by atoms with Gasteiger partial charge in [-0.15, -0.1) is 0 Å². The molecule has 2 aromatic rings. The highest BCUT2D eigenvalue weighted by Crippen LogP contribution is 2.22. The number of ether oxygens (including phenoxy) is 1. The molecular weight excluding hydrogens is 264 g/mol. The molecule has 110 valence electrons. The molecular formula is C17H20N2O2. The Morgan fingerprint density at radius 1 is 1.05 bits per heavy atom. The highest BCUT2D eigenvalue weighted by Gasteiger charge is 2.05. The summed E-state index contributed by atoms with van der Waals surface area (Å²) in [6.07, 6.45) is -0.427. The van der Waals surface area contributed by atoms with Gasteiger partial charge in [0, 0.05) is 11.4 Å². The fraction of sp³-hybridized carbons (Fsp3) is 0.235. The number of carbonyl (C=O) groups is 1. The van der Waals surface area contributed by atoms with Crippen LogP contribution in [0.15, 0.2) is 48.5 Å². The molecule has 0 saturated heterocycles. The number of amides is 1. The molecule has 1 amide bonds. The van der Waals surface area contributed by atoms with Crippen LogP contribution in [0.5, 0.6) is 0 Å². The van der Waals surface area contributed by atoms with Gasteiger partial charge in [0.2, 0.25) is 0 Å². The number of hydrogen-bond acceptors (Lipinski definition) is 3. The lowest BCUT2D eigenvalue weighted by Gasteiger charge is -2.09. The summed E-state index contributed by atoms with van der Waals surface area (Å²) < 4.78 is 5.07. The van der Waals surface area contributed by atoms with E-state index in [1.54, 1.807) is 0 Å². The van der Waals surface area contributed by atoms with E-state index >= 15 is 0 Å². The van der Waals surface area contributed by atoms with Gasteiger partial charge in [-0.25, -0.2) is 4.79 Å². The van der Waals surface area contributed by atoms with Crippen molar-refractivity contribution in [3.8, 4) is 11.1 Å². The minimum absolute atomic E-state index is 0.323. The molecule has 0 aliphatic heterocycles. The summed E-state index contributed by atoms with van der Waals surface area (Å²) in [7, 11) is 0. The second-order valence-electron chi connectivity index (χ2n) is 5.32. The van der Waals surface area contributed by atoms with Gasteiger partial charge in [0.15, 0.2) is 0 Å². The van der Waals surface area contributed by atoms with Gasteiger partial charge in [-0.05, 0) is 41.3 Å². The zero-order valence-electron chi connectivity index (χ0n) is 12.3. The minimum Gasteiger partial charge on any atom is -0.449 e. The molecule has 0 heterocycles. The topological polar surface area (TPSA) is 64.3 Å². The van der Waals surface area contributed by atoms with Crippen LogP contribution in [0.1, 0.15) is 13.8 Å². The number of nitrogens with two attached hydrogens (primary N) is 1. The Hall–Kier alpha value is -2.49. The van der Waals surface area contributed by atoms with Crippen molar-refractivity contribution in [2.24, 2.45) is 5.92 Å². The normalized spacial score (nSPS) is 10.4. The first kappa shape index (κ1) is 14.9. The molecule has 0 radical (unpaired) electrons. The van der Waals surface area contributed by atoms with Crippen LogP contribution in [0.25, 0.3) is 11.1 Å². The SMILES string of the molecule is CC(C)COC(=O)Nc1ccc(-c2ccc(N)cc2)cc1. The van der Waals surface area contributed by atoms with E-state index in [1.165, 1.54) is 0 Å². The third-order valence-corrected chi connectivity index (χ3v) is 2.92. The van der Waals surface area contributed by atoms with Crippen LogP contribution in [0.3, 0.4) is 0 Å². The van der Waals surface area contributed by atoms with Gasteiger partial charge in [-0.3, -0.25) is 5.32 Å². The van der Waals surface area contributed by atoms with E-state index < -0.39 is 6.09 Å². The van der Waals surface area contributed by atoms with Crippen molar-refractivity contribution in [1.82, 2.24) is 0 Å². The molecule has 4 nitrogen and oxygen atoms in total. The molecule has 0 unspecified atom stereocenters. The number of rotatable bonds is 4. The van der Waals surface area contributed by atoms with Crippen LogP contribution in [0.4, 0.5) is 16.2 Å². The Labute approximate surface area is 124 Å². The third kappa shape index (κ3) is 4.53. The van der Waals surface area contributed by atoms with Crippen LogP contribution in [-0.2, 0) is 4.74 Å². The molecule has 21 heavy (non-hydrogen) atoms. The molecule has 0 aliphatic carbocycles. The van der Waals surface area contributed by atoms with Crippen molar-refractivity contribution in [3.63, 3.8) is 0 Å². The average molecular weight is 284 g/mol. The van der Waals surface area contributed by atoms with E-state index in [1.807, 2.05) is 62.4 Å². The van der Waals surface area contributed by atoms with Gasteiger partial charge in [-0.1, -0.05) is 38.1 Å². The number of nitrogen functional groups attached to an aromatic ring is 1. The minimum atomic E-state index is -0.427. The number of nitrogens with one attached hydrogen (secondary N) is 1. The van der Waals surface area contributed by atoms with Gasteiger partial charge in [0.1, 0.15) is 0 Å². The monoisotopic (exact) mass is 284 g/mol. The lowest BCUT2D eigenvalue weighted by atomic mass is 10.1. The van der Waals surface area contributed by atoms with Crippen molar-refractivity contribution < 1.29 is 9.53 Å². The van der Waals surface area contributed by atoms with Crippen LogP contribution in [0.2, 0.25) is 0 Å².